The van der Waals surface area contributed by atoms with Crippen LogP contribution in [0.25, 0.3) is 6.08 Å². The number of hydrogen-bond donors (Lipinski definition) is 0. The van der Waals surface area contributed by atoms with Crippen LogP contribution in [-0.4, -0.2) is 35.3 Å². The first kappa shape index (κ1) is 20.6. The molecule has 0 aliphatic carbocycles. The molecule has 28 heavy (non-hydrogen) atoms. The third-order valence-electron chi connectivity index (χ3n) is 4.02. The van der Waals surface area contributed by atoms with Crippen molar-refractivity contribution in [3.8, 4) is 11.5 Å². The Kier molecular flexibility index (Phi) is 6.22. The Morgan fingerprint density at radius 3 is 2.50 bits per heavy atom. The maximum atomic E-state index is 12.4. The first-order valence-corrected chi connectivity index (χ1v) is 10.2. The van der Waals surface area contributed by atoms with Crippen LogP contribution in [0, 0.1) is 6.92 Å². The predicted molar refractivity (Wildman–Crippen MR) is 118 cm³/mol. The summed E-state index contributed by atoms with van der Waals surface area (Å²) < 4.78 is 12.0. The second-order valence-electron chi connectivity index (χ2n) is 6.03. The fourth-order valence-corrected chi connectivity index (χ4v) is 4.18. The van der Waals surface area contributed by atoms with E-state index in [4.69, 9.17) is 21.7 Å². The number of ether oxygens (including phenoxy) is 2. The van der Waals surface area contributed by atoms with Gasteiger partial charge in [0.1, 0.15) is 4.32 Å². The predicted octanol–water partition coefficient (Wildman–Crippen LogP) is 4.82. The summed E-state index contributed by atoms with van der Waals surface area (Å²) in [5.74, 6) is -0.0000943. The van der Waals surface area contributed by atoms with Gasteiger partial charge in [0.25, 0.3) is 5.91 Å². The summed E-state index contributed by atoms with van der Waals surface area (Å²) in [6.07, 6.45) is 1.72. The number of thiocarbonyl (C=S) groups is 1. The molecule has 3 rings (SSSR count). The van der Waals surface area contributed by atoms with Crippen molar-refractivity contribution in [1.29, 1.82) is 0 Å². The van der Waals surface area contributed by atoms with Crippen molar-refractivity contribution in [2.45, 2.75) is 6.92 Å². The first-order chi connectivity index (χ1) is 13.3. The van der Waals surface area contributed by atoms with Crippen LogP contribution in [0.2, 0.25) is 0 Å². The van der Waals surface area contributed by atoms with Gasteiger partial charge >= 0.3 is 5.97 Å². The molecule has 5 nitrogen and oxygen atoms in total. The zero-order chi connectivity index (χ0) is 20.4. The summed E-state index contributed by atoms with van der Waals surface area (Å²) in [5.41, 5.74) is 2.21. The van der Waals surface area contributed by atoms with Gasteiger partial charge in [-0.3, -0.25) is 9.69 Å². The van der Waals surface area contributed by atoms with Gasteiger partial charge in [-0.15, -0.1) is 0 Å². The molecule has 0 spiro atoms. The lowest BCUT2D eigenvalue weighted by Crippen LogP contribution is -2.22. The van der Waals surface area contributed by atoms with Gasteiger partial charge in [-0.2, -0.15) is 0 Å². The number of carbonyl (C=O) groups excluding carboxylic acids is 2. The SMILES string of the molecule is COc1cc(/C=C2\SC(=S)N(C)C2=O)cc(Br)c1OC(=O)c1ccc(C)cc1. The minimum absolute atomic E-state index is 0.153. The summed E-state index contributed by atoms with van der Waals surface area (Å²) in [5, 5.41) is 0. The number of hydrogen-bond acceptors (Lipinski definition) is 6. The number of methoxy groups -OCH3 is 1. The molecule has 0 radical (unpaired) electrons. The molecule has 0 bridgehead atoms. The lowest BCUT2D eigenvalue weighted by molar-refractivity contribution is -0.121. The van der Waals surface area contributed by atoms with Gasteiger partial charge in [-0.1, -0.05) is 41.7 Å². The summed E-state index contributed by atoms with van der Waals surface area (Å²) in [7, 11) is 3.13. The van der Waals surface area contributed by atoms with E-state index in [9.17, 15) is 9.59 Å². The molecule has 0 unspecified atom stereocenters. The number of aryl methyl sites for hydroxylation is 1. The standard InChI is InChI=1S/C20H16BrNO4S2/c1-11-4-6-13(7-5-11)19(24)26-17-14(21)8-12(9-15(17)25-3)10-16-18(23)22(2)20(27)28-16/h4-10H,1-3H3/b16-10-. The summed E-state index contributed by atoms with van der Waals surface area (Å²) in [6.45, 7) is 1.94. The fraction of sp³-hybridized carbons (Fsp3) is 0.150. The first-order valence-electron chi connectivity index (χ1n) is 8.18. The lowest BCUT2D eigenvalue weighted by Gasteiger charge is -2.12. The van der Waals surface area contributed by atoms with Crippen LogP contribution in [0.5, 0.6) is 11.5 Å². The monoisotopic (exact) mass is 477 g/mol. The summed E-state index contributed by atoms with van der Waals surface area (Å²) in [4.78, 5) is 26.6. The van der Waals surface area contributed by atoms with Gasteiger partial charge in [0.05, 0.1) is 22.1 Å². The average molecular weight is 478 g/mol. The number of likely N-dealkylation sites (N-methyl/N-ethyl adjacent to an activating group) is 1. The summed E-state index contributed by atoms with van der Waals surface area (Å²) in [6, 6.07) is 10.6. The Morgan fingerprint density at radius 1 is 1.25 bits per heavy atom. The van der Waals surface area contributed by atoms with Gasteiger partial charge in [0, 0.05) is 7.05 Å². The zero-order valence-electron chi connectivity index (χ0n) is 15.3. The molecule has 1 heterocycles. The number of halogens is 1. The van der Waals surface area contributed by atoms with Crippen molar-refractivity contribution in [2.24, 2.45) is 0 Å². The van der Waals surface area contributed by atoms with E-state index in [2.05, 4.69) is 15.9 Å². The smallest absolute Gasteiger partial charge is 0.343 e. The van der Waals surface area contributed by atoms with E-state index in [-0.39, 0.29) is 11.7 Å². The molecular formula is C20H16BrNO4S2. The van der Waals surface area contributed by atoms with Crippen LogP contribution >= 0.6 is 39.9 Å². The Bertz CT molecular complexity index is 1000. The molecule has 0 atom stereocenters. The molecule has 1 amide bonds. The molecule has 1 saturated heterocycles. The van der Waals surface area contributed by atoms with Crippen molar-refractivity contribution >= 4 is 62.2 Å². The lowest BCUT2D eigenvalue weighted by atomic mass is 10.1. The Morgan fingerprint density at radius 2 is 1.93 bits per heavy atom. The average Bonchev–Trinajstić information content (AvgIpc) is 2.90. The number of nitrogens with zero attached hydrogens (tertiary/aromatic N) is 1. The molecule has 2 aromatic rings. The second-order valence-corrected chi connectivity index (χ2v) is 8.56. The van der Waals surface area contributed by atoms with E-state index in [0.29, 0.717) is 30.6 Å². The largest absolute Gasteiger partial charge is 0.493 e. The third-order valence-corrected chi connectivity index (χ3v) is 6.09. The van der Waals surface area contributed by atoms with Crippen LogP contribution in [0.4, 0.5) is 0 Å². The second kappa shape index (κ2) is 8.46. The number of benzene rings is 2. The highest BCUT2D eigenvalue weighted by Crippen LogP contribution is 2.39. The molecule has 0 N–H and O–H groups in total. The molecule has 144 valence electrons. The third kappa shape index (κ3) is 4.29. The van der Waals surface area contributed by atoms with Crippen molar-refractivity contribution in [1.82, 2.24) is 4.90 Å². The summed E-state index contributed by atoms with van der Waals surface area (Å²) >= 11 is 9.81. The Balaban J connectivity index is 1.90. The minimum Gasteiger partial charge on any atom is -0.493 e. The van der Waals surface area contributed by atoms with Crippen molar-refractivity contribution in [3.05, 3.63) is 62.5 Å². The molecule has 0 aromatic heterocycles. The van der Waals surface area contributed by atoms with Gasteiger partial charge in [-0.05, 0) is 58.8 Å². The van der Waals surface area contributed by atoms with E-state index in [1.165, 1.54) is 23.8 Å². The quantitative estimate of drug-likeness (QED) is 0.272. The molecular weight excluding hydrogens is 462 g/mol. The van der Waals surface area contributed by atoms with E-state index >= 15 is 0 Å². The van der Waals surface area contributed by atoms with E-state index < -0.39 is 5.97 Å². The zero-order valence-corrected chi connectivity index (χ0v) is 18.5. The van der Waals surface area contributed by atoms with Gasteiger partial charge in [0.15, 0.2) is 11.5 Å². The molecule has 8 heteroatoms. The Hall–Kier alpha value is -2.16. The van der Waals surface area contributed by atoms with Gasteiger partial charge in [-0.25, -0.2) is 4.79 Å². The van der Waals surface area contributed by atoms with Gasteiger partial charge in [0.2, 0.25) is 0 Å². The Labute approximate surface area is 180 Å². The van der Waals surface area contributed by atoms with Crippen LogP contribution < -0.4 is 9.47 Å². The molecule has 1 aliphatic rings. The minimum atomic E-state index is -0.487. The van der Waals surface area contributed by atoms with E-state index in [1.54, 1.807) is 37.4 Å². The van der Waals surface area contributed by atoms with Crippen molar-refractivity contribution in [3.63, 3.8) is 0 Å². The number of esters is 1. The van der Waals surface area contributed by atoms with Crippen LogP contribution in [0.1, 0.15) is 21.5 Å². The van der Waals surface area contributed by atoms with E-state index in [1.807, 2.05) is 19.1 Å². The number of thioether (sulfide) groups is 1. The van der Waals surface area contributed by atoms with Gasteiger partial charge < -0.3 is 9.47 Å². The highest BCUT2D eigenvalue weighted by molar-refractivity contribution is 9.10. The number of rotatable bonds is 4. The van der Waals surface area contributed by atoms with Crippen molar-refractivity contribution < 1.29 is 19.1 Å². The maximum Gasteiger partial charge on any atom is 0.343 e. The van der Waals surface area contributed by atoms with Crippen LogP contribution in [-0.2, 0) is 4.79 Å². The molecule has 2 aromatic carbocycles. The van der Waals surface area contributed by atoms with Crippen LogP contribution in [0.15, 0.2) is 45.8 Å². The topological polar surface area (TPSA) is 55.8 Å². The van der Waals surface area contributed by atoms with Crippen molar-refractivity contribution in [2.75, 3.05) is 14.2 Å². The van der Waals surface area contributed by atoms with Crippen LogP contribution in [0.3, 0.4) is 0 Å². The normalized spacial score (nSPS) is 15.3. The fourth-order valence-electron chi connectivity index (χ4n) is 2.46. The molecule has 0 saturated carbocycles. The maximum absolute atomic E-state index is 12.4. The van der Waals surface area contributed by atoms with E-state index in [0.717, 1.165) is 5.56 Å². The molecule has 1 aliphatic heterocycles. The highest BCUT2D eigenvalue weighted by Gasteiger charge is 2.29. The molecule has 1 fully saturated rings. The number of carbonyl (C=O) groups is 2. The highest BCUT2D eigenvalue weighted by atomic mass is 79.9. The number of amides is 1.